The molecule has 3 nitrogen and oxygen atoms in total. The van der Waals surface area contributed by atoms with Crippen LogP contribution in [0, 0.1) is 11.8 Å². The van der Waals surface area contributed by atoms with Crippen LogP contribution < -0.4 is 5.73 Å². The van der Waals surface area contributed by atoms with Gasteiger partial charge in [0.25, 0.3) is 0 Å². The summed E-state index contributed by atoms with van der Waals surface area (Å²) in [7, 11) is 0. The van der Waals surface area contributed by atoms with Crippen LogP contribution in [0.15, 0.2) is 12.2 Å². The van der Waals surface area contributed by atoms with E-state index in [0.29, 0.717) is 18.4 Å². The van der Waals surface area contributed by atoms with Crippen molar-refractivity contribution in [3.05, 3.63) is 12.2 Å². The zero-order valence-corrected chi connectivity index (χ0v) is 9.19. The van der Waals surface area contributed by atoms with Crippen molar-refractivity contribution in [2.75, 3.05) is 19.6 Å². The number of nitrogens with zero attached hydrogens (tertiary/aromatic N) is 1. The van der Waals surface area contributed by atoms with Gasteiger partial charge in [-0.15, -0.1) is 0 Å². The monoisotopic (exact) mass is 208 g/mol. The van der Waals surface area contributed by atoms with Gasteiger partial charge >= 0.3 is 0 Å². The van der Waals surface area contributed by atoms with Crippen molar-refractivity contribution < 1.29 is 4.79 Å². The van der Waals surface area contributed by atoms with Gasteiger partial charge in [-0.1, -0.05) is 12.2 Å². The minimum Gasteiger partial charge on any atom is -0.342 e. The molecule has 0 aromatic carbocycles. The Hall–Kier alpha value is -0.830. The minimum atomic E-state index is 0.224. The van der Waals surface area contributed by atoms with Gasteiger partial charge in [-0.25, -0.2) is 0 Å². The van der Waals surface area contributed by atoms with Gasteiger partial charge in [0.15, 0.2) is 0 Å². The number of piperidine rings is 1. The molecule has 0 saturated carbocycles. The van der Waals surface area contributed by atoms with Crippen molar-refractivity contribution in [3.8, 4) is 0 Å². The molecule has 3 heteroatoms. The van der Waals surface area contributed by atoms with E-state index in [1.807, 2.05) is 4.90 Å². The van der Waals surface area contributed by atoms with Gasteiger partial charge in [0.2, 0.25) is 5.91 Å². The van der Waals surface area contributed by atoms with Crippen LogP contribution in [0.1, 0.15) is 25.7 Å². The predicted molar refractivity (Wildman–Crippen MR) is 60.2 cm³/mol. The topological polar surface area (TPSA) is 46.3 Å². The number of hydrogen-bond acceptors (Lipinski definition) is 2. The lowest BCUT2D eigenvalue weighted by Crippen LogP contribution is -2.44. The van der Waals surface area contributed by atoms with E-state index >= 15 is 0 Å². The summed E-state index contributed by atoms with van der Waals surface area (Å²) in [6.07, 6.45) is 8.40. The summed E-state index contributed by atoms with van der Waals surface area (Å²) in [6.45, 7) is 2.53. The molecule has 1 atom stereocenters. The second-order valence-corrected chi connectivity index (χ2v) is 4.67. The van der Waals surface area contributed by atoms with E-state index < -0.39 is 0 Å². The predicted octanol–water partition coefficient (Wildman–Crippen LogP) is 1.15. The molecule has 1 saturated heterocycles. The normalized spacial score (nSPS) is 27.3. The van der Waals surface area contributed by atoms with Crippen LogP contribution >= 0.6 is 0 Å². The van der Waals surface area contributed by atoms with E-state index in [1.165, 1.54) is 6.42 Å². The molecule has 15 heavy (non-hydrogen) atoms. The number of rotatable bonds is 2. The van der Waals surface area contributed by atoms with Gasteiger partial charge in [0, 0.05) is 19.0 Å². The van der Waals surface area contributed by atoms with E-state index in [4.69, 9.17) is 5.73 Å². The van der Waals surface area contributed by atoms with Crippen molar-refractivity contribution in [1.82, 2.24) is 4.90 Å². The van der Waals surface area contributed by atoms with Gasteiger partial charge in [-0.3, -0.25) is 4.79 Å². The Bertz CT molecular complexity index is 254. The second kappa shape index (κ2) is 4.79. The Morgan fingerprint density at radius 3 is 2.80 bits per heavy atom. The van der Waals surface area contributed by atoms with E-state index in [0.717, 1.165) is 32.4 Å². The van der Waals surface area contributed by atoms with Crippen molar-refractivity contribution >= 4 is 5.91 Å². The molecule has 1 aliphatic heterocycles. The molecule has 2 rings (SSSR count). The first-order valence-electron chi connectivity index (χ1n) is 5.95. The van der Waals surface area contributed by atoms with Gasteiger partial charge in [-0.2, -0.15) is 0 Å². The van der Waals surface area contributed by atoms with Crippen LogP contribution in [0.5, 0.6) is 0 Å². The van der Waals surface area contributed by atoms with Crippen molar-refractivity contribution in [2.24, 2.45) is 17.6 Å². The SMILES string of the molecule is NC[C@H]1CCCN(C(=O)C2CC=CC2)C1. The Morgan fingerprint density at radius 2 is 2.13 bits per heavy atom. The maximum absolute atomic E-state index is 12.1. The Balaban J connectivity index is 1.89. The highest BCUT2D eigenvalue weighted by molar-refractivity contribution is 5.79. The number of likely N-dealkylation sites (tertiary alicyclic amines) is 1. The first-order chi connectivity index (χ1) is 7.31. The Kier molecular flexibility index (Phi) is 3.41. The minimum absolute atomic E-state index is 0.224. The highest BCUT2D eigenvalue weighted by Gasteiger charge is 2.28. The average molecular weight is 208 g/mol. The molecular formula is C12H20N2O. The van der Waals surface area contributed by atoms with E-state index in [9.17, 15) is 4.79 Å². The average Bonchev–Trinajstić information content (AvgIpc) is 2.81. The molecule has 0 spiro atoms. The molecule has 1 fully saturated rings. The second-order valence-electron chi connectivity index (χ2n) is 4.67. The molecule has 2 N–H and O–H groups in total. The summed E-state index contributed by atoms with van der Waals surface area (Å²) in [5, 5.41) is 0. The van der Waals surface area contributed by atoms with Gasteiger partial charge < -0.3 is 10.6 Å². The zero-order valence-electron chi connectivity index (χ0n) is 9.19. The molecular weight excluding hydrogens is 188 g/mol. The number of carbonyl (C=O) groups excluding carboxylic acids is 1. The number of hydrogen-bond donors (Lipinski definition) is 1. The van der Waals surface area contributed by atoms with Crippen LogP contribution in [-0.4, -0.2) is 30.4 Å². The molecule has 0 radical (unpaired) electrons. The fourth-order valence-corrected chi connectivity index (χ4v) is 2.53. The summed E-state index contributed by atoms with van der Waals surface area (Å²) >= 11 is 0. The Morgan fingerprint density at radius 1 is 1.40 bits per heavy atom. The highest BCUT2D eigenvalue weighted by atomic mass is 16.2. The van der Waals surface area contributed by atoms with Crippen LogP contribution in [0.3, 0.4) is 0 Å². The molecule has 2 aliphatic rings. The van der Waals surface area contributed by atoms with Crippen molar-refractivity contribution in [3.63, 3.8) is 0 Å². The van der Waals surface area contributed by atoms with E-state index in [1.54, 1.807) is 0 Å². The largest absolute Gasteiger partial charge is 0.342 e. The third-order valence-corrected chi connectivity index (χ3v) is 3.52. The number of nitrogens with two attached hydrogens (primary N) is 1. The zero-order chi connectivity index (χ0) is 10.7. The van der Waals surface area contributed by atoms with Crippen molar-refractivity contribution in [1.29, 1.82) is 0 Å². The molecule has 84 valence electrons. The fraction of sp³-hybridized carbons (Fsp3) is 0.750. The molecule has 0 unspecified atom stereocenters. The third-order valence-electron chi connectivity index (χ3n) is 3.52. The maximum Gasteiger partial charge on any atom is 0.226 e. The van der Waals surface area contributed by atoms with E-state index in [-0.39, 0.29) is 5.92 Å². The van der Waals surface area contributed by atoms with Crippen molar-refractivity contribution in [2.45, 2.75) is 25.7 Å². The van der Waals surface area contributed by atoms with Gasteiger partial charge in [0.1, 0.15) is 0 Å². The fourth-order valence-electron chi connectivity index (χ4n) is 2.53. The first kappa shape index (κ1) is 10.7. The van der Waals surface area contributed by atoms with E-state index in [2.05, 4.69) is 12.2 Å². The molecule has 0 bridgehead atoms. The number of carbonyl (C=O) groups is 1. The summed E-state index contributed by atoms with van der Waals surface area (Å²) in [6, 6.07) is 0. The van der Waals surface area contributed by atoms with Gasteiger partial charge in [-0.05, 0) is 38.1 Å². The molecule has 1 heterocycles. The lowest BCUT2D eigenvalue weighted by Gasteiger charge is -2.33. The van der Waals surface area contributed by atoms with Crippen LogP contribution in [0.25, 0.3) is 0 Å². The summed E-state index contributed by atoms with van der Waals surface area (Å²) in [5.74, 6) is 1.09. The summed E-state index contributed by atoms with van der Waals surface area (Å²) in [5.41, 5.74) is 5.67. The lowest BCUT2D eigenvalue weighted by atomic mass is 9.96. The van der Waals surface area contributed by atoms with Gasteiger partial charge in [0.05, 0.1) is 0 Å². The van der Waals surface area contributed by atoms with Crippen LogP contribution in [-0.2, 0) is 4.79 Å². The van der Waals surface area contributed by atoms with Crippen LogP contribution in [0.4, 0.5) is 0 Å². The standard InChI is InChI=1S/C12H20N2O/c13-8-10-4-3-7-14(9-10)12(15)11-5-1-2-6-11/h1-2,10-11H,3-9,13H2/t10-/m1/s1. The first-order valence-corrected chi connectivity index (χ1v) is 5.95. The summed E-state index contributed by atoms with van der Waals surface area (Å²) < 4.78 is 0. The maximum atomic E-state index is 12.1. The molecule has 0 aromatic heterocycles. The quantitative estimate of drug-likeness (QED) is 0.692. The Labute approximate surface area is 91.3 Å². The lowest BCUT2D eigenvalue weighted by molar-refractivity contribution is -0.136. The smallest absolute Gasteiger partial charge is 0.226 e. The number of allylic oxidation sites excluding steroid dienone is 2. The van der Waals surface area contributed by atoms with Crippen LogP contribution in [0.2, 0.25) is 0 Å². The highest BCUT2D eigenvalue weighted by Crippen LogP contribution is 2.23. The molecule has 0 aromatic rings. The molecule has 1 aliphatic carbocycles. The summed E-state index contributed by atoms with van der Waals surface area (Å²) in [4.78, 5) is 14.1. The number of amides is 1. The molecule has 1 amide bonds. The third kappa shape index (κ3) is 2.40.